The monoisotopic (exact) mass is 758 g/mol. The number of aryl methyl sites for hydroxylation is 4. The minimum atomic E-state index is 0. The lowest BCUT2D eigenvalue weighted by Crippen LogP contribution is -2.18. The number of H-pyrrole nitrogens is 2. The van der Waals surface area contributed by atoms with E-state index in [9.17, 15) is 0 Å². The highest BCUT2D eigenvalue weighted by Gasteiger charge is 2.26. The molecular weight excluding hydrogens is 716 g/mol. The van der Waals surface area contributed by atoms with Crippen molar-refractivity contribution in [3.63, 3.8) is 0 Å². The summed E-state index contributed by atoms with van der Waals surface area (Å²) < 4.78 is 11.6. The van der Waals surface area contributed by atoms with Gasteiger partial charge < -0.3 is 30.1 Å². The molecule has 0 saturated heterocycles. The van der Waals surface area contributed by atoms with Crippen LogP contribution in [0.1, 0.15) is 84.8 Å². The second kappa shape index (κ2) is 15.7. The molecular formula is C38H44BrClN8O2. The maximum atomic E-state index is 5.24. The zero-order valence-electron chi connectivity index (χ0n) is 28.9. The number of fused-ring (bicyclic) bond motifs is 6. The number of benzene rings is 2. The lowest BCUT2D eigenvalue weighted by atomic mass is 9.91. The third-order valence-corrected chi connectivity index (χ3v) is 9.97. The van der Waals surface area contributed by atoms with Crippen LogP contribution in [0.25, 0.3) is 21.8 Å². The summed E-state index contributed by atoms with van der Waals surface area (Å²) in [6.45, 7) is 4.30. The SMILES string of the molecule is CCCc1cnc(NC2CCCc3c2[nH]c2ccc(Br)cc32)nc1.COc1cc(OC)nc(NC2CCCc3c2[nH]c2ccc(C)cc32)n1.Cl. The molecule has 262 valence electrons. The van der Waals surface area contributed by atoms with E-state index < -0.39 is 0 Å². The molecule has 2 aliphatic carbocycles. The maximum absolute atomic E-state index is 5.24. The van der Waals surface area contributed by atoms with Crippen molar-refractivity contribution < 1.29 is 9.47 Å². The summed E-state index contributed by atoms with van der Waals surface area (Å²) in [4.78, 5) is 25.0. The Morgan fingerprint density at radius 3 is 1.92 bits per heavy atom. The molecule has 2 atom stereocenters. The topological polar surface area (TPSA) is 126 Å². The van der Waals surface area contributed by atoms with Crippen LogP contribution in [0.3, 0.4) is 0 Å². The molecule has 0 bridgehead atoms. The number of anilines is 2. The van der Waals surface area contributed by atoms with Gasteiger partial charge in [-0.25, -0.2) is 9.97 Å². The normalized spacial score (nSPS) is 16.4. The largest absolute Gasteiger partial charge is 0.481 e. The van der Waals surface area contributed by atoms with Gasteiger partial charge in [0.05, 0.1) is 32.4 Å². The first-order chi connectivity index (χ1) is 23.9. The molecule has 8 rings (SSSR count). The Balaban J connectivity index is 0.000000170. The van der Waals surface area contributed by atoms with Crippen LogP contribution in [0.15, 0.2) is 59.3 Å². The molecule has 2 unspecified atom stereocenters. The van der Waals surface area contributed by atoms with E-state index in [0.29, 0.717) is 23.7 Å². The summed E-state index contributed by atoms with van der Waals surface area (Å²) in [6, 6.07) is 15.1. The van der Waals surface area contributed by atoms with Crippen molar-refractivity contribution in [1.82, 2.24) is 29.9 Å². The van der Waals surface area contributed by atoms with Crippen LogP contribution in [-0.4, -0.2) is 44.1 Å². The van der Waals surface area contributed by atoms with Crippen LogP contribution < -0.4 is 20.1 Å². The van der Waals surface area contributed by atoms with E-state index in [-0.39, 0.29) is 24.5 Å². The number of hydrogen-bond donors (Lipinski definition) is 4. The molecule has 0 radical (unpaired) electrons. The smallest absolute Gasteiger partial charge is 0.229 e. The van der Waals surface area contributed by atoms with Gasteiger partial charge >= 0.3 is 0 Å². The summed E-state index contributed by atoms with van der Waals surface area (Å²) in [5.74, 6) is 2.20. The van der Waals surface area contributed by atoms with E-state index in [4.69, 9.17) is 9.47 Å². The molecule has 0 amide bonds. The second-order valence-corrected chi connectivity index (χ2v) is 13.8. The van der Waals surface area contributed by atoms with Crippen molar-refractivity contribution in [2.24, 2.45) is 0 Å². The van der Waals surface area contributed by atoms with E-state index in [1.54, 1.807) is 20.3 Å². The van der Waals surface area contributed by atoms with Crippen LogP contribution >= 0.6 is 28.3 Å². The Kier molecular flexibility index (Phi) is 11.1. The number of hydrogen-bond acceptors (Lipinski definition) is 8. The first-order valence-corrected chi connectivity index (χ1v) is 17.9. The molecule has 50 heavy (non-hydrogen) atoms. The van der Waals surface area contributed by atoms with Crippen molar-refractivity contribution >= 4 is 62.0 Å². The van der Waals surface area contributed by atoms with E-state index in [2.05, 4.69) is 107 Å². The van der Waals surface area contributed by atoms with E-state index in [1.165, 1.54) is 61.9 Å². The van der Waals surface area contributed by atoms with Gasteiger partial charge in [-0.15, -0.1) is 12.4 Å². The van der Waals surface area contributed by atoms with Gasteiger partial charge in [0.15, 0.2) is 0 Å². The number of aromatic amines is 2. The fourth-order valence-corrected chi connectivity index (χ4v) is 7.50. The molecule has 12 heteroatoms. The molecule has 4 aromatic heterocycles. The van der Waals surface area contributed by atoms with Crippen molar-refractivity contribution in [3.8, 4) is 11.8 Å². The quantitative estimate of drug-likeness (QED) is 0.121. The van der Waals surface area contributed by atoms with Crippen molar-refractivity contribution in [2.45, 2.75) is 77.3 Å². The third kappa shape index (κ3) is 7.54. The Morgan fingerprint density at radius 1 is 0.780 bits per heavy atom. The van der Waals surface area contributed by atoms with Crippen LogP contribution in [0, 0.1) is 6.92 Å². The average Bonchev–Trinajstić information content (AvgIpc) is 3.68. The number of nitrogens with one attached hydrogen (secondary N) is 4. The molecule has 2 aliphatic rings. The summed E-state index contributed by atoms with van der Waals surface area (Å²) in [5.41, 5.74) is 10.2. The van der Waals surface area contributed by atoms with Gasteiger partial charge in [-0.1, -0.05) is 40.9 Å². The minimum absolute atomic E-state index is 0. The Morgan fingerprint density at radius 2 is 1.34 bits per heavy atom. The lowest BCUT2D eigenvalue weighted by Gasteiger charge is -2.24. The minimum Gasteiger partial charge on any atom is -0.481 e. The summed E-state index contributed by atoms with van der Waals surface area (Å²) in [6.07, 6.45) is 12.7. The molecule has 0 spiro atoms. The number of ether oxygens (including phenoxy) is 2. The van der Waals surface area contributed by atoms with Crippen LogP contribution in [0.5, 0.6) is 11.8 Å². The Labute approximate surface area is 307 Å². The first kappa shape index (κ1) is 35.5. The zero-order valence-corrected chi connectivity index (χ0v) is 31.3. The van der Waals surface area contributed by atoms with Gasteiger partial charge in [0.25, 0.3) is 0 Å². The van der Waals surface area contributed by atoms with Crippen molar-refractivity contribution in [1.29, 1.82) is 0 Å². The highest BCUT2D eigenvalue weighted by molar-refractivity contribution is 9.10. The van der Waals surface area contributed by atoms with Gasteiger partial charge in [-0.2, -0.15) is 9.97 Å². The predicted octanol–water partition coefficient (Wildman–Crippen LogP) is 9.36. The number of aromatic nitrogens is 6. The highest BCUT2D eigenvalue weighted by Crippen LogP contribution is 2.38. The number of methoxy groups -OCH3 is 2. The summed E-state index contributed by atoms with van der Waals surface area (Å²) in [5, 5.41) is 9.61. The van der Waals surface area contributed by atoms with Gasteiger partial charge in [-0.3, -0.25) is 0 Å². The highest BCUT2D eigenvalue weighted by atomic mass is 79.9. The molecule has 0 aliphatic heterocycles. The molecule has 0 saturated carbocycles. The zero-order chi connectivity index (χ0) is 33.9. The average molecular weight is 760 g/mol. The van der Waals surface area contributed by atoms with Crippen LogP contribution in [0.2, 0.25) is 0 Å². The van der Waals surface area contributed by atoms with Gasteiger partial charge in [0, 0.05) is 50.1 Å². The van der Waals surface area contributed by atoms with Crippen molar-refractivity contribution in [3.05, 3.63) is 93.0 Å². The number of rotatable bonds is 8. The summed E-state index contributed by atoms with van der Waals surface area (Å²) in [7, 11) is 3.18. The third-order valence-electron chi connectivity index (χ3n) is 9.48. The first-order valence-electron chi connectivity index (χ1n) is 17.1. The number of halogens is 2. The Hall–Kier alpha value is -4.35. The van der Waals surface area contributed by atoms with Crippen LogP contribution in [-0.2, 0) is 19.3 Å². The lowest BCUT2D eigenvalue weighted by molar-refractivity contribution is 0.372. The fraction of sp³-hybridized carbons (Fsp3) is 0.368. The fourth-order valence-electron chi connectivity index (χ4n) is 7.14. The summed E-state index contributed by atoms with van der Waals surface area (Å²) >= 11 is 3.58. The second-order valence-electron chi connectivity index (χ2n) is 12.9. The Bertz CT molecular complexity index is 2060. The molecule has 4 heterocycles. The molecule has 2 aromatic carbocycles. The van der Waals surface area contributed by atoms with E-state index in [1.807, 2.05) is 12.4 Å². The molecule has 0 fully saturated rings. The molecule has 10 nitrogen and oxygen atoms in total. The van der Waals surface area contributed by atoms with Crippen molar-refractivity contribution in [2.75, 3.05) is 24.9 Å². The number of nitrogens with zero attached hydrogens (tertiary/aromatic N) is 4. The van der Waals surface area contributed by atoms with Gasteiger partial charge in [0.2, 0.25) is 23.7 Å². The molecule has 4 N–H and O–H groups in total. The molecule has 6 aromatic rings. The van der Waals surface area contributed by atoms with Crippen LogP contribution in [0.4, 0.5) is 11.9 Å². The maximum Gasteiger partial charge on any atom is 0.229 e. The van der Waals surface area contributed by atoms with Gasteiger partial charge in [0.1, 0.15) is 0 Å². The van der Waals surface area contributed by atoms with E-state index >= 15 is 0 Å². The van der Waals surface area contributed by atoms with Gasteiger partial charge in [-0.05, 0) is 98.9 Å². The standard InChI is InChI=1S/C19H21BrN4.C19H22N4O2.ClH/c1-2-4-12-10-21-19(22-11-12)24-17-6-3-5-14-15-9-13(20)7-8-16(15)23-18(14)17;1-11-7-8-14-13(9-11)12-5-4-6-15(18(12)20-14)21-19-22-16(24-2)10-17(23-19)25-3;/h7-11,17,23H,2-6H2,1H3,(H,21,22,24);7-10,15,20H,4-6H2,1-3H3,(H,21,22,23);1H. The van der Waals surface area contributed by atoms with E-state index in [0.717, 1.165) is 49.4 Å². The predicted molar refractivity (Wildman–Crippen MR) is 206 cm³/mol.